The van der Waals surface area contributed by atoms with Crippen LogP contribution in [0.2, 0.25) is 0 Å². The molecule has 3 aromatic rings. The van der Waals surface area contributed by atoms with Crippen LogP contribution in [0.4, 0.5) is 0 Å². The van der Waals surface area contributed by atoms with Crippen molar-refractivity contribution in [3.8, 4) is 0 Å². The van der Waals surface area contributed by atoms with Crippen molar-refractivity contribution in [1.29, 1.82) is 0 Å². The average molecular weight is 351 g/mol. The van der Waals surface area contributed by atoms with E-state index < -0.39 is 0 Å². The molecule has 0 aliphatic heterocycles. The van der Waals surface area contributed by atoms with Crippen molar-refractivity contribution < 1.29 is 0 Å². The SMILES string of the molecule is CN=C(NCCCn1cccn1)NCc1cccc(Cn2cccn2)c1. The Bertz CT molecular complexity index is 791. The Hall–Kier alpha value is -3.09. The number of benzene rings is 1. The zero-order valence-electron chi connectivity index (χ0n) is 15.0. The van der Waals surface area contributed by atoms with E-state index in [9.17, 15) is 0 Å². The Morgan fingerprint density at radius 2 is 1.77 bits per heavy atom. The maximum Gasteiger partial charge on any atom is 0.191 e. The molecule has 2 N–H and O–H groups in total. The molecule has 26 heavy (non-hydrogen) atoms. The van der Waals surface area contributed by atoms with Gasteiger partial charge in [0.2, 0.25) is 0 Å². The van der Waals surface area contributed by atoms with Crippen LogP contribution in [0.25, 0.3) is 0 Å². The highest BCUT2D eigenvalue weighted by Gasteiger charge is 2.01. The fourth-order valence-corrected chi connectivity index (χ4v) is 2.71. The molecule has 0 aliphatic carbocycles. The Labute approximate surface area is 153 Å². The van der Waals surface area contributed by atoms with Gasteiger partial charge >= 0.3 is 0 Å². The normalized spacial score (nSPS) is 11.5. The van der Waals surface area contributed by atoms with E-state index in [4.69, 9.17) is 0 Å². The molecule has 0 spiro atoms. The molecule has 2 heterocycles. The predicted molar refractivity (Wildman–Crippen MR) is 103 cm³/mol. The zero-order valence-corrected chi connectivity index (χ0v) is 15.0. The molecule has 0 aliphatic rings. The zero-order chi connectivity index (χ0) is 18.0. The molecule has 0 amide bonds. The molecule has 7 heteroatoms. The van der Waals surface area contributed by atoms with Crippen LogP contribution in [-0.4, -0.2) is 39.1 Å². The second-order valence-corrected chi connectivity index (χ2v) is 6.00. The van der Waals surface area contributed by atoms with Crippen LogP contribution in [0.5, 0.6) is 0 Å². The van der Waals surface area contributed by atoms with Crippen LogP contribution in [0, 0.1) is 0 Å². The molecule has 136 valence electrons. The molecule has 7 nitrogen and oxygen atoms in total. The molecular weight excluding hydrogens is 326 g/mol. The fraction of sp³-hybridized carbons (Fsp3) is 0.316. The highest BCUT2D eigenvalue weighted by Crippen LogP contribution is 2.07. The Balaban J connectivity index is 1.43. The standard InChI is InChI=1S/C19H25N7/c1-20-19(21-8-3-11-25-12-4-9-23-25)22-15-17-6-2-7-18(14-17)16-26-13-5-10-24-26/h2,4-7,9-10,12-14H,3,8,11,15-16H2,1H3,(H2,20,21,22). The third-order valence-corrected chi connectivity index (χ3v) is 3.99. The van der Waals surface area contributed by atoms with Crippen LogP contribution in [0.15, 0.2) is 66.2 Å². The molecule has 1 aromatic carbocycles. The summed E-state index contributed by atoms with van der Waals surface area (Å²) in [6, 6.07) is 12.4. The molecular formula is C19H25N7. The van der Waals surface area contributed by atoms with Crippen LogP contribution < -0.4 is 10.6 Å². The number of rotatable bonds is 8. The minimum atomic E-state index is 0.728. The summed E-state index contributed by atoms with van der Waals surface area (Å²) in [7, 11) is 1.79. The van der Waals surface area contributed by atoms with E-state index in [0.29, 0.717) is 0 Å². The van der Waals surface area contributed by atoms with Gasteiger partial charge in [-0.3, -0.25) is 14.4 Å². The Morgan fingerprint density at radius 1 is 1.00 bits per heavy atom. The third-order valence-electron chi connectivity index (χ3n) is 3.99. The summed E-state index contributed by atoms with van der Waals surface area (Å²) >= 11 is 0. The largest absolute Gasteiger partial charge is 0.356 e. The van der Waals surface area contributed by atoms with Gasteiger partial charge in [-0.15, -0.1) is 0 Å². The van der Waals surface area contributed by atoms with Gasteiger partial charge in [-0.2, -0.15) is 10.2 Å². The lowest BCUT2D eigenvalue weighted by Gasteiger charge is -2.12. The van der Waals surface area contributed by atoms with Gasteiger partial charge in [0.25, 0.3) is 0 Å². The van der Waals surface area contributed by atoms with Gasteiger partial charge in [0.1, 0.15) is 0 Å². The summed E-state index contributed by atoms with van der Waals surface area (Å²) in [5.74, 6) is 0.808. The molecule has 0 fully saturated rings. The van der Waals surface area contributed by atoms with E-state index in [1.165, 1.54) is 11.1 Å². The maximum absolute atomic E-state index is 4.28. The topological polar surface area (TPSA) is 72.1 Å². The van der Waals surface area contributed by atoms with Gasteiger partial charge < -0.3 is 10.6 Å². The van der Waals surface area contributed by atoms with Crippen LogP contribution in [0.1, 0.15) is 17.5 Å². The van der Waals surface area contributed by atoms with E-state index in [0.717, 1.165) is 38.6 Å². The van der Waals surface area contributed by atoms with Gasteiger partial charge in [0.15, 0.2) is 5.96 Å². The molecule has 2 aromatic heterocycles. The minimum absolute atomic E-state index is 0.728. The van der Waals surface area contributed by atoms with Gasteiger partial charge in [0, 0.05) is 51.5 Å². The van der Waals surface area contributed by atoms with Gasteiger partial charge in [0.05, 0.1) is 6.54 Å². The number of nitrogens with one attached hydrogen (secondary N) is 2. The van der Waals surface area contributed by atoms with Gasteiger partial charge in [-0.25, -0.2) is 0 Å². The van der Waals surface area contributed by atoms with E-state index in [2.05, 4.69) is 50.1 Å². The summed E-state index contributed by atoms with van der Waals surface area (Å²) < 4.78 is 3.86. The lowest BCUT2D eigenvalue weighted by molar-refractivity contribution is 0.570. The lowest BCUT2D eigenvalue weighted by atomic mass is 10.1. The molecule has 0 atom stereocenters. The minimum Gasteiger partial charge on any atom is -0.356 e. The second-order valence-electron chi connectivity index (χ2n) is 6.00. The first-order valence-corrected chi connectivity index (χ1v) is 8.80. The number of hydrogen-bond donors (Lipinski definition) is 2. The van der Waals surface area contributed by atoms with E-state index in [-0.39, 0.29) is 0 Å². The maximum atomic E-state index is 4.28. The van der Waals surface area contributed by atoms with Gasteiger partial charge in [-0.1, -0.05) is 24.3 Å². The van der Waals surface area contributed by atoms with Crippen LogP contribution >= 0.6 is 0 Å². The lowest BCUT2D eigenvalue weighted by Crippen LogP contribution is -2.37. The van der Waals surface area contributed by atoms with Crippen molar-refractivity contribution >= 4 is 5.96 Å². The highest BCUT2D eigenvalue weighted by molar-refractivity contribution is 5.79. The molecule has 0 saturated heterocycles. The second kappa shape index (κ2) is 9.41. The van der Waals surface area contributed by atoms with Crippen molar-refractivity contribution in [2.24, 2.45) is 4.99 Å². The number of aliphatic imine (C=N–C) groups is 1. The first-order valence-electron chi connectivity index (χ1n) is 8.80. The smallest absolute Gasteiger partial charge is 0.191 e. The molecule has 0 bridgehead atoms. The Kier molecular flexibility index (Phi) is 6.41. The van der Waals surface area contributed by atoms with Crippen molar-refractivity contribution in [2.45, 2.75) is 26.1 Å². The quantitative estimate of drug-likeness (QED) is 0.369. The molecule has 0 radical (unpaired) electrons. The Morgan fingerprint density at radius 3 is 2.50 bits per heavy atom. The van der Waals surface area contributed by atoms with Crippen molar-refractivity contribution in [2.75, 3.05) is 13.6 Å². The number of aryl methyl sites for hydroxylation is 1. The summed E-state index contributed by atoms with van der Waals surface area (Å²) in [6.07, 6.45) is 8.53. The predicted octanol–water partition coefficient (Wildman–Crippen LogP) is 1.88. The van der Waals surface area contributed by atoms with E-state index in [1.807, 2.05) is 33.9 Å². The van der Waals surface area contributed by atoms with Crippen molar-refractivity contribution in [3.63, 3.8) is 0 Å². The first kappa shape index (κ1) is 17.7. The molecule has 0 unspecified atom stereocenters. The van der Waals surface area contributed by atoms with Crippen molar-refractivity contribution in [3.05, 3.63) is 72.3 Å². The summed E-state index contributed by atoms with van der Waals surface area (Å²) in [5.41, 5.74) is 2.45. The number of nitrogens with zero attached hydrogens (tertiary/aromatic N) is 5. The summed E-state index contributed by atoms with van der Waals surface area (Å²) in [6.45, 7) is 3.25. The number of hydrogen-bond acceptors (Lipinski definition) is 3. The van der Waals surface area contributed by atoms with Crippen LogP contribution in [-0.2, 0) is 19.6 Å². The monoisotopic (exact) mass is 351 g/mol. The number of guanidine groups is 1. The highest BCUT2D eigenvalue weighted by atomic mass is 15.3. The third kappa shape index (κ3) is 5.47. The van der Waals surface area contributed by atoms with Gasteiger partial charge in [-0.05, 0) is 29.7 Å². The van der Waals surface area contributed by atoms with Crippen LogP contribution in [0.3, 0.4) is 0 Å². The molecule has 0 saturated carbocycles. The first-order chi connectivity index (χ1) is 12.8. The fourth-order valence-electron chi connectivity index (χ4n) is 2.71. The van der Waals surface area contributed by atoms with E-state index >= 15 is 0 Å². The summed E-state index contributed by atoms with van der Waals surface area (Å²) in [5, 5.41) is 15.2. The average Bonchev–Trinajstić information content (AvgIpc) is 3.35. The van der Waals surface area contributed by atoms with E-state index in [1.54, 1.807) is 19.4 Å². The molecule has 3 rings (SSSR count). The summed E-state index contributed by atoms with van der Waals surface area (Å²) in [4.78, 5) is 4.28. The number of aromatic nitrogens is 4. The van der Waals surface area contributed by atoms with Crippen molar-refractivity contribution in [1.82, 2.24) is 30.2 Å².